The Labute approximate surface area is 131 Å². The van der Waals surface area contributed by atoms with Crippen LogP contribution in [0, 0.1) is 12.3 Å². The molecule has 1 fully saturated rings. The van der Waals surface area contributed by atoms with Crippen molar-refractivity contribution in [1.29, 1.82) is 0 Å². The van der Waals surface area contributed by atoms with E-state index in [9.17, 15) is 9.59 Å². The molecule has 0 bridgehead atoms. The highest BCUT2D eigenvalue weighted by Gasteiger charge is 2.26. The van der Waals surface area contributed by atoms with Crippen LogP contribution in [-0.4, -0.2) is 30.0 Å². The maximum atomic E-state index is 12.2. The van der Waals surface area contributed by atoms with Crippen LogP contribution in [-0.2, 0) is 4.79 Å². The maximum absolute atomic E-state index is 12.2. The van der Waals surface area contributed by atoms with Gasteiger partial charge in [-0.25, -0.2) is 4.79 Å². The van der Waals surface area contributed by atoms with Crippen molar-refractivity contribution in [1.82, 2.24) is 4.90 Å². The molecule has 0 aromatic carbocycles. The maximum Gasteiger partial charge on any atom is 0.339 e. The summed E-state index contributed by atoms with van der Waals surface area (Å²) in [6.45, 7) is 9.36. The molecule has 0 atom stereocenters. The molecule has 0 spiro atoms. The molecule has 0 unspecified atom stereocenters. The first kappa shape index (κ1) is 16.6. The summed E-state index contributed by atoms with van der Waals surface area (Å²) in [5, 5.41) is 0. The van der Waals surface area contributed by atoms with Gasteiger partial charge in [0.15, 0.2) is 0 Å². The molecular weight excluding hydrogens is 282 g/mol. The number of carbonyl (C=O) groups is 1. The Morgan fingerprint density at radius 1 is 1.32 bits per heavy atom. The van der Waals surface area contributed by atoms with Gasteiger partial charge in [-0.3, -0.25) is 4.79 Å². The molecule has 1 amide bonds. The van der Waals surface area contributed by atoms with Crippen LogP contribution < -0.4 is 10.4 Å². The van der Waals surface area contributed by atoms with Crippen LogP contribution >= 0.6 is 0 Å². The minimum Gasteiger partial charge on any atom is -0.490 e. The van der Waals surface area contributed by atoms with E-state index in [1.807, 2.05) is 4.90 Å². The molecule has 122 valence electrons. The zero-order chi connectivity index (χ0) is 16.3. The van der Waals surface area contributed by atoms with E-state index in [1.165, 1.54) is 6.07 Å². The fraction of sp³-hybridized carbons (Fsp3) is 0.647. The third-order valence-corrected chi connectivity index (χ3v) is 3.65. The van der Waals surface area contributed by atoms with E-state index in [2.05, 4.69) is 20.8 Å². The van der Waals surface area contributed by atoms with Gasteiger partial charge in [0, 0.05) is 38.4 Å². The Bertz CT molecular complexity index is 577. The predicted octanol–water partition coefficient (Wildman–Crippen LogP) is 2.75. The van der Waals surface area contributed by atoms with Crippen LogP contribution in [0.1, 0.15) is 45.8 Å². The third-order valence-electron chi connectivity index (χ3n) is 3.65. The van der Waals surface area contributed by atoms with E-state index in [4.69, 9.17) is 9.15 Å². The molecule has 5 nitrogen and oxygen atoms in total. The second-order valence-corrected chi connectivity index (χ2v) is 7.16. The number of hydrogen-bond donors (Lipinski definition) is 0. The fourth-order valence-electron chi connectivity index (χ4n) is 2.62. The molecule has 1 aliphatic rings. The summed E-state index contributed by atoms with van der Waals surface area (Å²) in [5.74, 6) is 1.30. The summed E-state index contributed by atoms with van der Waals surface area (Å²) in [7, 11) is 0. The highest BCUT2D eigenvalue weighted by Crippen LogP contribution is 2.23. The summed E-state index contributed by atoms with van der Waals surface area (Å²) in [6, 6.07) is 3.09. The Balaban J connectivity index is 1.87. The first-order chi connectivity index (χ1) is 10.2. The number of amides is 1. The van der Waals surface area contributed by atoms with E-state index < -0.39 is 5.63 Å². The van der Waals surface area contributed by atoms with Crippen molar-refractivity contribution >= 4 is 5.91 Å². The highest BCUT2D eigenvalue weighted by molar-refractivity contribution is 5.76. The number of likely N-dealkylation sites (tertiary alicyclic amines) is 1. The first-order valence-electron chi connectivity index (χ1n) is 7.79. The molecule has 2 heterocycles. The molecule has 1 aromatic heterocycles. The first-order valence-corrected chi connectivity index (χ1v) is 7.79. The van der Waals surface area contributed by atoms with E-state index in [0.717, 1.165) is 12.8 Å². The smallest absolute Gasteiger partial charge is 0.339 e. The zero-order valence-corrected chi connectivity index (χ0v) is 13.8. The monoisotopic (exact) mass is 307 g/mol. The molecular formula is C17H25NO4. The summed E-state index contributed by atoms with van der Waals surface area (Å²) < 4.78 is 10.8. The van der Waals surface area contributed by atoms with Gasteiger partial charge in [0.1, 0.15) is 17.6 Å². The molecule has 0 aliphatic carbocycles. The SMILES string of the molecule is Cc1cc(OC2CCN(C(=O)CC(C)(C)C)CC2)cc(=O)o1. The van der Waals surface area contributed by atoms with Gasteiger partial charge < -0.3 is 14.1 Å². The third kappa shape index (κ3) is 4.90. The molecule has 0 radical (unpaired) electrons. The second kappa shape index (κ2) is 6.55. The summed E-state index contributed by atoms with van der Waals surface area (Å²) in [5.41, 5.74) is -0.382. The molecule has 0 saturated carbocycles. The van der Waals surface area contributed by atoms with Gasteiger partial charge in [-0.05, 0) is 12.3 Å². The Hall–Kier alpha value is -1.78. The van der Waals surface area contributed by atoms with E-state index in [0.29, 0.717) is 31.0 Å². The lowest BCUT2D eigenvalue weighted by Crippen LogP contribution is -2.42. The van der Waals surface area contributed by atoms with E-state index >= 15 is 0 Å². The number of nitrogens with zero attached hydrogens (tertiary/aromatic N) is 1. The lowest BCUT2D eigenvalue weighted by Gasteiger charge is -2.33. The van der Waals surface area contributed by atoms with Gasteiger partial charge >= 0.3 is 5.63 Å². The van der Waals surface area contributed by atoms with E-state index in [-0.39, 0.29) is 17.4 Å². The van der Waals surface area contributed by atoms with Crippen molar-refractivity contribution in [2.45, 2.75) is 53.1 Å². The van der Waals surface area contributed by atoms with Crippen LogP contribution in [0.4, 0.5) is 0 Å². The van der Waals surface area contributed by atoms with Crippen LogP contribution in [0.15, 0.2) is 21.3 Å². The Kier molecular flexibility index (Phi) is 4.94. The predicted molar refractivity (Wildman–Crippen MR) is 84.0 cm³/mol. The van der Waals surface area contributed by atoms with Crippen molar-refractivity contribution < 1.29 is 13.9 Å². The fourth-order valence-corrected chi connectivity index (χ4v) is 2.62. The summed E-state index contributed by atoms with van der Waals surface area (Å²) >= 11 is 0. The molecule has 1 saturated heterocycles. The van der Waals surface area contributed by atoms with Crippen LogP contribution in [0.5, 0.6) is 5.75 Å². The average Bonchev–Trinajstić information content (AvgIpc) is 2.36. The lowest BCUT2D eigenvalue weighted by molar-refractivity contribution is -0.134. The summed E-state index contributed by atoms with van der Waals surface area (Å²) in [6.07, 6.45) is 2.18. The normalized spacial score (nSPS) is 16.6. The van der Waals surface area contributed by atoms with Crippen LogP contribution in [0.25, 0.3) is 0 Å². The average molecular weight is 307 g/mol. The van der Waals surface area contributed by atoms with Crippen molar-refractivity contribution in [3.8, 4) is 5.75 Å². The number of hydrogen-bond acceptors (Lipinski definition) is 4. The number of ether oxygens (including phenoxy) is 1. The van der Waals surface area contributed by atoms with Crippen molar-refractivity contribution in [2.75, 3.05) is 13.1 Å². The number of rotatable bonds is 3. The van der Waals surface area contributed by atoms with Gasteiger partial charge in [-0.2, -0.15) is 0 Å². The topological polar surface area (TPSA) is 59.8 Å². The molecule has 2 rings (SSSR count). The van der Waals surface area contributed by atoms with Crippen LogP contribution in [0.3, 0.4) is 0 Å². The van der Waals surface area contributed by atoms with Crippen molar-refractivity contribution in [2.24, 2.45) is 5.41 Å². The van der Waals surface area contributed by atoms with Gasteiger partial charge in [-0.1, -0.05) is 20.8 Å². The minimum absolute atomic E-state index is 0.0139. The highest BCUT2D eigenvalue weighted by atomic mass is 16.5. The lowest BCUT2D eigenvalue weighted by atomic mass is 9.91. The Morgan fingerprint density at radius 2 is 1.95 bits per heavy atom. The second-order valence-electron chi connectivity index (χ2n) is 7.16. The van der Waals surface area contributed by atoms with Gasteiger partial charge in [-0.15, -0.1) is 0 Å². The number of aryl methyl sites for hydroxylation is 1. The largest absolute Gasteiger partial charge is 0.490 e. The van der Waals surface area contributed by atoms with Crippen molar-refractivity contribution in [3.63, 3.8) is 0 Å². The number of carbonyl (C=O) groups excluding carboxylic acids is 1. The quantitative estimate of drug-likeness (QED) is 0.861. The zero-order valence-electron chi connectivity index (χ0n) is 13.8. The minimum atomic E-state index is -0.396. The molecule has 22 heavy (non-hydrogen) atoms. The van der Waals surface area contributed by atoms with Gasteiger partial charge in [0.2, 0.25) is 5.91 Å². The van der Waals surface area contributed by atoms with E-state index in [1.54, 1.807) is 13.0 Å². The summed E-state index contributed by atoms with van der Waals surface area (Å²) in [4.78, 5) is 25.4. The molecule has 0 N–H and O–H groups in total. The van der Waals surface area contributed by atoms with Crippen LogP contribution in [0.2, 0.25) is 0 Å². The molecule has 5 heteroatoms. The molecule has 1 aromatic rings. The standard InChI is InChI=1S/C17H25NO4/c1-12-9-14(10-16(20)21-12)22-13-5-7-18(8-6-13)15(19)11-17(2,3)4/h9-10,13H,5-8,11H2,1-4H3. The molecule has 1 aliphatic heterocycles. The van der Waals surface area contributed by atoms with Crippen molar-refractivity contribution in [3.05, 3.63) is 28.3 Å². The number of piperidine rings is 1. The van der Waals surface area contributed by atoms with Gasteiger partial charge in [0.25, 0.3) is 0 Å². The Morgan fingerprint density at radius 3 is 2.50 bits per heavy atom. The van der Waals surface area contributed by atoms with Gasteiger partial charge in [0.05, 0.1) is 6.07 Å².